The molecule has 10 heteroatoms. The van der Waals surface area contributed by atoms with Crippen LogP contribution in [-0.4, -0.2) is 54.4 Å². The molecule has 0 bridgehead atoms. The van der Waals surface area contributed by atoms with Gasteiger partial charge in [-0.05, 0) is 25.0 Å². The van der Waals surface area contributed by atoms with Crippen molar-refractivity contribution in [3.8, 4) is 17.0 Å². The molecule has 0 saturated heterocycles. The fourth-order valence-corrected chi connectivity index (χ4v) is 4.28. The minimum Gasteiger partial charge on any atom is -0.486 e. The first-order valence-electron chi connectivity index (χ1n) is 9.84. The van der Waals surface area contributed by atoms with Gasteiger partial charge >= 0.3 is 0 Å². The molecular formula is C20H19N7O3. The van der Waals surface area contributed by atoms with Crippen LogP contribution in [0.3, 0.4) is 0 Å². The molecule has 0 aromatic carbocycles. The Morgan fingerprint density at radius 1 is 1.33 bits per heavy atom. The highest BCUT2D eigenvalue weighted by molar-refractivity contribution is 6.01. The summed E-state index contributed by atoms with van der Waals surface area (Å²) in [5, 5.41) is 18.3. The van der Waals surface area contributed by atoms with Crippen molar-refractivity contribution in [3.05, 3.63) is 36.3 Å². The highest BCUT2D eigenvalue weighted by Crippen LogP contribution is 2.43. The van der Waals surface area contributed by atoms with E-state index in [9.17, 15) is 9.90 Å². The van der Waals surface area contributed by atoms with Gasteiger partial charge in [0.1, 0.15) is 23.5 Å². The van der Waals surface area contributed by atoms with E-state index in [1.807, 2.05) is 18.3 Å². The number of hydrogen-bond acceptors (Lipinski definition) is 7. The zero-order valence-electron chi connectivity index (χ0n) is 15.9. The molecule has 10 nitrogen and oxygen atoms in total. The van der Waals surface area contributed by atoms with Crippen molar-refractivity contribution in [3.63, 3.8) is 0 Å². The lowest BCUT2D eigenvalue weighted by Gasteiger charge is -2.32. The Morgan fingerprint density at radius 2 is 2.20 bits per heavy atom. The van der Waals surface area contributed by atoms with Crippen LogP contribution in [0.15, 0.2) is 30.7 Å². The number of aromatic nitrogens is 5. The minimum absolute atomic E-state index is 0.181. The number of amides is 1. The number of primary amides is 1. The van der Waals surface area contributed by atoms with E-state index in [2.05, 4.69) is 20.0 Å². The number of anilines is 1. The van der Waals surface area contributed by atoms with Crippen LogP contribution in [0.5, 0.6) is 5.75 Å². The standard InChI is InChI=1S/C20H19N7O3/c21-17(29)13-8-24-27-19(13)25-15(16-20(27)23-4-5-30-16)14-9-26(10-6-11(28)7-10)18-12(14)2-1-3-22-18/h1-3,8-11,23,28H,4-7H2,(H2,21,29). The van der Waals surface area contributed by atoms with E-state index in [0.717, 1.165) is 16.6 Å². The van der Waals surface area contributed by atoms with Crippen molar-refractivity contribution in [1.82, 2.24) is 24.1 Å². The molecule has 2 aliphatic rings. The topological polar surface area (TPSA) is 133 Å². The van der Waals surface area contributed by atoms with Crippen molar-refractivity contribution >= 4 is 28.4 Å². The van der Waals surface area contributed by atoms with E-state index in [0.29, 0.717) is 48.9 Å². The maximum Gasteiger partial charge on any atom is 0.254 e. The molecule has 0 unspecified atom stereocenters. The number of aliphatic hydroxyl groups excluding tert-OH is 1. The Kier molecular flexibility index (Phi) is 3.54. The summed E-state index contributed by atoms with van der Waals surface area (Å²) in [6.07, 6.45) is 6.29. The highest BCUT2D eigenvalue weighted by Gasteiger charge is 2.32. The number of hydrogen-bond donors (Lipinski definition) is 3. The molecule has 1 fully saturated rings. The van der Waals surface area contributed by atoms with E-state index in [1.165, 1.54) is 6.20 Å². The molecule has 4 aromatic rings. The summed E-state index contributed by atoms with van der Waals surface area (Å²) in [5.74, 6) is 0.620. The number of rotatable bonds is 3. The lowest BCUT2D eigenvalue weighted by atomic mass is 9.89. The second-order valence-corrected chi connectivity index (χ2v) is 7.67. The fraction of sp³-hybridized carbons (Fsp3) is 0.300. The predicted octanol–water partition coefficient (Wildman–Crippen LogP) is 1.34. The number of aliphatic hydroxyl groups is 1. The largest absolute Gasteiger partial charge is 0.486 e. The van der Waals surface area contributed by atoms with Gasteiger partial charge in [0, 0.05) is 29.4 Å². The summed E-state index contributed by atoms with van der Waals surface area (Å²) in [6.45, 7) is 1.10. The molecule has 4 aromatic heterocycles. The van der Waals surface area contributed by atoms with Gasteiger partial charge in [-0.1, -0.05) is 0 Å². The van der Waals surface area contributed by atoms with Crippen molar-refractivity contribution in [2.75, 3.05) is 18.5 Å². The molecule has 1 aliphatic carbocycles. The van der Waals surface area contributed by atoms with Crippen LogP contribution in [-0.2, 0) is 0 Å². The first kappa shape index (κ1) is 17.2. The molecule has 6 rings (SSSR count). The number of carbonyl (C=O) groups is 1. The van der Waals surface area contributed by atoms with Crippen LogP contribution >= 0.6 is 0 Å². The normalized spacial score (nSPS) is 20.4. The monoisotopic (exact) mass is 405 g/mol. The van der Waals surface area contributed by atoms with E-state index in [-0.39, 0.29) is 17.7 Å². The lowest BCUT2D eigenvalue weighted by Crippen LogP contribution is -2.30. The van der Waals surface area contributed by atoms with Crippen molar-refractivity contribution < 1.29 is 14.6 Å². The van der Waals surface area contributed by atoms with Crippen LogP contribution in [0, 0.1) is 0 Å². The molecule has 4 N–H and O–H groups in total. The van der Waals surface area contributed by atoms with Gasteiger partial charge in [-0.2, -0.15) is 9.61 Å². The summed E-state index contributed by atoms with van der Waals surface area (Å²) in [5.41, 5.74) is 8.43. The molecule has 0 spiro atoms. The molecule has 5 heterocycles. The van der Waals surface area contributed by atoms with E-state index in [1.54, 1.807) is 10.7 Å². The molecule has 30 heavy (non-hydrogen) atoms. The summed E-state index contributed by atoms with van der Waals surface area (Å²) >= 11 is 0. The van der Waals surface area contributed by atoms with Gasteiger partial charge in [0.15, 0.2) is 17.2 Å². The zero-order chi connectivity index (χ0) is 20.4. The number of fused-ring (bicyclic) bond motifs is 4. The first-order chi connectivity index (χ1) is 14.6. The van der Waals surface area contributed by atoms with Crippen LogP contribution in [0.2, 0.25) is 0 Å². The second-order valence-electron chi connectivity index (χ2n) is 7.67. The SMILES string of the molecule is NC(=O)c1cnn2c3c(c(-c4cn(C5CC(O)C5)c5ncccc45)nc12)OCCN3. The maximum atomic E-state index is 11.9. The number of nitrogens with two attached hydrogens (primary N) is 1. The van der Waals surface area contributed by atoms with Crippen molar-refractivity contribution in [2.24, 2.45) is 5.73 Å². The summed E-state index contributed by atoms with van der Waals surface area (Å²) < 4.78 is 9.64. The van der Waals surface area contributed by atoms with Crippen LogP contribution in [0.25, 0.3) is 27.9 Å². The van der Waals surface area contributed by atoms with E-state index < -0.39 is 5.91 Å². The average Bonchev–Trinajstić information content (AvgIpc) is 3.33. The second kappa shape index (κ2) is 6.17. The van der Waals surface area contributed by atoms with Crippen LogP contribution in [0.4, 0.5) is 5.82 Å². The smallest absolute Gasteiger partial charge is 0.254 e. The van der Waals surface area contributed by atoms with E-state index >= 15 is 0 Å². The predicted molar refractivity (Wildman–Crippen MR) is 108 cm³/mol. The molecule has 1 aliphatic heterocycles. The first-order valence-corrected chi connectivity index (χ1v) is 9.84. The summed E-state index contributed by atoms with van der Waals surface area (Å²) in [6, 6.07) is 4.05. The Morgan fingerprint density at radius 3 is 3.00 bits per heavy atom. The number of nitrogens with zero attached hydrogens (tertiary/aromatic N) is 5. The number of nitrogens with one attached hydrogen (secondary N) is 1. The van der Waals surface area contributed by atoms with Gasteiger partial charge in [0.05, 0.1) is 18.8 Å². The minimum atomic E-state index is -0.590. The molecule has 1 amide bonds. The lowest BCUT2D eigenvalue weighted by molar-refractivity contribution is 0.0501. The number of pyridine rings is 1. The Hall–Kier alpha value is -3.66. The average molecular weight is 405 g/mol. The third-order valence-corrected chi connectivity index (χ3v) is 5.84. The quantitative estimate of drug-likeness (QED) is 0.468. The van der Waals surface area contributed by atoms with Gasteiger partial charge in [0.25, 0.3) is 5.91 Å². The molecule has 152 valence electrons. The van der Waals surface area contributed by atoms with Gasteiger partial charge in [0.2, 0.25) is 0 Å². The third-order valence-electron chi connectivity index (χ3n) is 5.84. The van der Waals surface area contributed by atoms with E-state index in [4.69, 9.17) is 15.5 Å². The molecule has 1 saturated carbocycles. The number of ether oxygens (including phenoxy) is 1. The van der Waals surface area contributed by atoms with Gasteiger partial charge in [-0.3, -0.25) is 4.79 Å². The van der Waals surface area contributed by atoms with Gasteiger partial charge in [-0.15, -0.1) is 0 Å². The maximum absolute atomic E-state index is 11.9. The molecule has 0 radical (unpaired) electrons. The third kappa shape index (κ3) is 2.34. The number of carbonyl (C=O) groups excluding carboxylic acids is 1. The fourth-order valence-electron chi connectivity index (χ4n) is 4.28. The van der Waals surface area contributed by atoms with Crippen molar-refractivity contribution in [1.29, 1.82) is 0 Å². The Balaban J connectivity index is 1.64. The van der Waals surface area contributed by atoms with Crippen molar-refractivity contribution in [2.45, 2.75) is 25.0 Å². The Labute approximate surface area is 170 Å². The van der Waals surface area contributed by atoms with Crippen LogP contribution < -0.4 is 15.8 Å². The summed E-state index contributed by atoms with van der Waals surface area (Å²) in [7, 11) is 0. The molecule has 0 atom stereocenters. The Bertz CT molecular complexity index is 1320. The molecular weight excluding hydrogens is 386 g/mol. The van der Waals surface area contributed by atoms with Gasteiger partial charge < -0.3 is 25.5 Å². The highest BCUT2D eigenvalue weighted by atomic mass is 16.5. The van der Waals surface area contributed by atoms with Gasteiger partial charge in [-0.25, -0.2) is 9.97 Å². The zero-order valence-corrected chi connectivity index (χ0v) is 15.9. The summed E-state index contributed by atoms with van der Waals surface area (Å²) in [4.78, 5) is 21.3. The van der Waals surface area contributed by atoms with Crippen LogP contribution in [0.1, 0.15) is 29.2 Å².